The minimum Gasteiger partial charge on any atom is -0.434 e. The predicted octanol–water partition coefficient (Wildman–Crippen LogP) is 3.60. The molecule has 0 saturated heterocycles. The van der Waals surface area contributed by atoms with Gasteiger partial charge in [-0.15, -0.1) is 0 Å². The first-order valence-corrected chi connectivity index (χ1v) is 8.76. The molecule has 0 spiro atoms. The first-order chi connectivity index (χ1) is 13.6. The number of hydrogen-bond acceptors (Lipinski definition) is 3. The molecule has 2 rings (SSSR count). The summed E-state index contributed by atoms with van der Waals surface area (Å²) in [6.07, 6.45) is -3.33. The maximum Gasteiger partial charge on any atom is 0.435 e. The van der Waals surface area contributed by atoms with E-state index in [4.69, 9.17) is 0 Å². The summed E-state index contributed by atoms with van der Waals surface area (Å²) in [6.45, 7) is 0.918. The first-order valence-electron chi connectivity index (χ1n) is 8.76. The van der Waals surface area contributed by atoms with Crippen molar-refractivity contribution in [2.24, 2.45) is 12.0 Å². The van der Waals surface area contributed by atoms with E-state index in [1.54, 1.807) is 26.0 Å². The first kappa shape index (κ1) is 22.4. The molecule has 2 aromatic rings. The SMILES string of the molecule is CCNC(=NCc1cn(C)nc1C(F)(F)F)NCc1cc(C)ccc1OC(F)F. The highest BCUT2D eigenvalue weighted by Crippen LogP contribution is 2.30. The fraction of sp³-hybridized carbons (Fsp3) is 0.444. The Morgan fingerprint density at radius 1 is 1.24 bits per heavy atom. The van der Waals surface area contributed by atoms with E-state index in [-0.39, 0.29) is 30.4 Å². The average molecular weight is 419 g/mol. The molecule has 0 aliphatic rings. The molecule has 6 nitrogen and oxygen atoms in total. The van der Waals surface area contributed by atoms with E-state index < -0.39 is 18.5 Å². The number of aromatic nitrogens is 2. The van der Waals surface area contributed by atoms with Gasteiger partial charge in [-0.05, 0) is 19.9 Å². The van der Waals surface area contributed by atoms with Crippen molar-refractivity contribution >= 4 is 5.96 Å². The van der Waals surface area contributed by atoms with Crippen molar-refractivity contribution < 1.29 is 26.7 Å². The van der Waals surface area contributed by atoms with E-state index in [2.05, 4.69) is 25.5 Å². The molecule has 0 aliphatic carbocycles. The number of rotatable bonds is 7. The topological polar surface area (TPSA) is 63.5 Å². The summed E-state index contributed by atoms with van der Waals surface area (Å²) in [7, 11) is 1.40. The molecular weight excluding hydrogens is 397 g/mol. The van der Waals surface area contributed by atoms with Crippen molar-refractivity contribution in [2.75, 3.05) is 6.54 Å². The Kier molecular flexibility index (Phi) is 7.40. The number of hydrogen-bond donors (Lipinski definition) is 2. The number of alkyl halides is 5. The summed E-state index contributed by atoms with van der Waals surface area (Å²) in [4.78, 5) is 4.15. The zero-order valence-electron chi connectivity index (χ0n) is 16.1. The molecule has 160 valence electrons. The maximum absolute atomic E-state index is 13.1. The van der Waals surface area contributed by atoms with Crippen LogP contribution in [-0.4, -0.2) is 28.9 Å². The molecule has 0 saturated carbocycles. The summed E-state index contributed by atoms with van der Waals surface area (Å²) in [5.74, 6) is 0.245. The fourth-order valence-corrected chi connectivity index (χ4v) is 2.63. The summed E-state index contributed by atoms with van der Waals surface area (Å²) in [5.41, 5.74) is 0.240. The third-order valence-corrected chi connectivity index (χ3v) is 3.80. The van der Waals surface area contributed by atoms with Gasteiger partial charge in [-0.25, -0.2) is 4.99 Å². The lowest BCUT2D eigenvalue weighted by Crippen LogP contribution is -2.37. The Morgan fingerprint density at radius 2 is 1.97 bits per heavy atom. The van der Waals surface area contributed by atoms with Gasteiger partial charge in [0.1, 0.15) is 5.75 Å². The van der Waals surface area contributed by atoms with Gasteiger partial charge in [-0.2, -0.15) is 27.1 Å². The third-order valence-electron chi connectivity index (χ3n) is 3.80. The number of guanidine groups is 1. The van der Waals surface area contributed by atoms with Crippen molar-refractivity contribution in [3.63, 3.8) is 0 Å². The molecule has 0 aliphatic heterocycles. The zero-order chi connectivity index (χ0) is 21.6. The molecule has 1 aromatic heterocycles. The van der Waals surface area contributed by atoms with Gasteiger partial charge in [0.05, 0.1) is 6.54 Å². The average Bonchev–Trinajstić information content (AvgIpc) is 3.00. The minimum atomic E-state index is -4.58. The van der Waals surface area contributed by atoms with Crippen LogP contribution in [0.4, 0.5) is 22.0 Å². The van der Waals surface area contributed by atoms with E-state index in [9.17, 15) is 22.0 Å². The number of aliphatic imine (C=N–C) groups is 1. The number of benzene rings is 1. The third kappa shape index (κ3) is 6.61. The molecule has 1 aromatic carbocycles. The quantitative estimate of drug-likeness (QED) is 0.409. The van der Waals surface area contributed by atoms with Crippen LogP contribution in [-0.2, 0) is 26.3 Å². The molecule has 0 atom stereocenters. The highest BCUT2D eigenvalue weighted by atomic mass is 19.4. The second-order valence-corrected chi connectivity index (χ2v) is 6.21. The highest BCUT2D eigenvalue weighted by molar-refractivity contribution is 5.79. The Hall–Kier alpha value is -2.85. The van der Waals surface area contributed by atoms with Crippen LogP contribution in [0.3, 0.4) is 0 Å². The molecule has 0 amide bonds. The Morgan fingerprint density at radius 3 is 2.59 bits per heavy atom. The van der Waals surface area contributed by atoms with Gasteiger partial charge in [0.2, 0.25) is 0 Å². The van der Waals surface area contributed by atoms with Crippen LogP contribution in [0, 0.1) is 6.92 Å². The van der Waals surface area contributed by atoms with Crippen LogP contribution in [0.2, 0.25) is 0 Å². The van der Waals surface area contributed by atoms with Crippen LogP contribution < -0.4 is 15.4 Å². The Labute approximate surface area is 164 Å². The van der Waals surface area contributed by atoms with Gasteiger partial charge < -0.3 is 15.4 Å². The van der Waals surface area contributed by atoms with Crippen molar-refractivity contribution in [2.45, 2.75) is 39.7 Å². The second-order valence-electron chi connectivity index (χ2n) is 6.21. The van der Waals surface area contributed by atoms with Crippen molar-refractivity contribution in [1.29, 1.82) is 0 Å². The monoisotopic (exact) mass is 419 g/mol. The Balaban J connectivity index is 2.17. The molecule has 1 heterocycles. The van der Waals surface area contributed by atoms with Crippen LogP contribution in [0.5, 0.6) is 5.75 Å². The zero-order valence-corrected chi connectivity index (χ0v) is 16.1. The van der Waals surface area contributed by atoms with E-state index in [1.165, 1.54) is 19.3 Å². The van der Waals surface area contributed by atoms with Crippen LogP contribution in [0.15, 0.2) is 29.4 Å². The normalized spacial score (nSPS) is 12.4. The number of nitrogens with one attached hydrogen (secondary N) is 2. The summed E-state index contributed by atoms with van der Waals surface area (Å²) in [5, 5.41) is 9.27. The second kappa shape index (κ2) is 9.57. The van der Waals surface area contributed by atoms with Gasteiger partial charge >= 0.3 is 12.8 Å². The smallest absolute Gasteiger partial charge is 0.434 e. The molecule has 0 radical (unpaired) electrons. The number of nitrogens with zero attached hydrogens (tertiary/aromatic N) is 3. The summed E-state index contributed by atoms with van der Waals surface area (Å²) >= 11 is 0. The van der Waals surface area contributed by atoms with Crippen molar-refractivity contribution in [1.82, 2.24) is 20.4 Å². The fourth-order valence-electron chi connectivity index (χ4n) is 2.63. The van der Waals surface area contributed by atoms with Crippen LogP contribution in [0.1, 0.15) is 29.3 Å². The molecule has 0 fully saturated rings. The number of ether oxygens (including phenoxy) is 1. The van der Waals surface area contributed by atoms with Crippen LogP contribution >= 0.6 is 0 Å². The number of aryl methyl sites for hydroxylation is 2. The van der Waals surface area contributed by atoms with Crippen LogP contribution in [0.25, 0.3) is 0 Å². The molecular formula is C18H22F5N5O. The summed E-state index contributed by atoms with van der Waals surface area (Å²) < 4.78 is 69.9. The Bertz CT molecular complexity index is 848. The minimum absolute atomic E-state index is 0.0144. The van der Waals surface area contributed by atoms with Gasteiger partial charge in [-0.3, -0.25) is 4.68 Å². The molecule has 0 bridgehead atoms. The van der Waals surface area contributed by atoms with Gasteiger partial charge in [0.25, 0.3) is 0 Å². The summed E-state index contributed by atoms with van der Waals surface area (Å²) in [6, 6.07) is 4.76. The van der Waals surface area contributed by atoms with E-state index in [0.717, 1.165) is 10.2 Å². The predicted molar refractivity (Wildman–Crippen MR) is 97.7 cm³/mol. The largest absolute Gasteiger partial charge is 0.435 e. The van der Waals surface area contributed by atoms with E-state index in [1.807, 2.05) is 0 Å². The van der Waals surface area contributed by atoms with E-state index >= 15 is 0 Å². The lowest BCUT2D eigenvalue weighted by atomic mass is 10.1. The molecule has 0 unspecified atom stereocenters. The standard InChI is InChI=1S/C18H22F5N5O/c1-4-24-17(26-9-13-10-28(3)27-15(13)18(21,22)23)25-8-12-7-11(2)5-6-14(12)29-16(19)20/h5-7,10,16H,4,8-9H2,1-3H3,(H2,24,25,26). The highest BCUT2D eigenvalue weighted by Gasteiger charge is 2.36. The molecule has 11 heteroatoms. The van der Waals surface area contributed by atoms with Crippen molar-refractivity contribution in [3.8, 4) is 5.75 Å². The molecule has 29 heavy (non-hydrogen) atoms. The van der Waals surface area contributed by atoms with Crippen molar-refractivity contribution in [3.05, 3.63) is 46.8 Å². The lowest BCUT2D eigenvalue weighted by Gasteiger charge is -2.15. The lowest BCUT2D eigenvalue weighted by molar-refractivity contribution is -0.142. The van der Waals surface area contributed by atoms with Gasteiger partial charge in [0.15, 0.2) is 11.7 Å². The van der Waals surface area contributed by atoms with Gasteiger partial charge in [-0.1, -0.05) is 17.7 Å². The maximum atomic E-state index is 13.1. The van der Waals surface area contributed by atoms with Gasteiger partial charge in [0, 0.05) is 37.5 Å². The van der Waals surface area contributed by atoms with E-state index in [0.29, 0.717) is 12.1 Å². The molecule has 2 N–H and O–H groups in total. The number of halogens is 5.